The van der Waals surface area contributed by atoms with Crippen molar-refractivity contribution >= 4 is 11.2 Å². The number of pyridine rings is 1. The van der Waals surface area contributed by atoms with E-state index in [1.54, 1.807) is 14.2 Å². The highest BCUT2D eigenvalue weighted by Gasteiger charge is 2.17. The first kappa shape index (κ1) is 30.7. The normalized spacial score (nSPS) is 10.2. The number of ether oxygens (including phenoxy) is 1. The number of rotatable bonds is 6. The molecule has 0 saturated carbocycles. The van der Waals surface area contributed by atoms with Gasteiger partial charge in [0.1, 0.15) is 5.52 Å². The van der Waals surface area contributed by atoms with E-state index >= 15 is 0 Å². The highest BCUT2D eigenvalue weighted by Crippen LogP contribution is 2.29. The van der Waals surface area contributed by atoms with Gasteiger partial charge < -0.3 is 9.30 Å². The summed E-state index contributed by atoms with van der Waals surface area (Å²) in [4.78, 5) is 14.8. The Balaban J connectivity index is 0.00000132. The molecule has 0 aliphatic heterocycles. The number of aryl methyl sites for hydroxylation is 2. The molecule has 5 nitrogen and oxygen atoms in total. The number of aromatic nitrogens is 4. The molecule has 0 atom stereocenters. The van der Waals surface area contributed by atoms with Gasteiger partial charge in [-0.2, -0.15) is 0 Å². The first-order chi connectivity index (χ1) is 15.9. The average molecular weight is 457 g/mol. The van der Waals surface area contributed by atoms with Crippen LogP contribution in [-0.2, 0) is 11.2 Å². The van der Waals surface area contributed by atoms with Crippen molar-refractivity contribution in [3.63, 3.8) is 0 Å². The molecular weight excluding hydrogens is 408 g/mol. The Kier molecular flexibility index (Phi) is 15.2. The van der Waals surface area contributed by atoms with Gasteiger partial charge in [0.25, 0.3) is 0 Å². The monoisotopic (exact) mass is 456 g/mol. The van der Waals surface area contributed by atoms with Crippen LogP contribution in [0.1, 0.15) is 104 Å². The second kappa shape index (κ2) is 16.4. The lowest BCUT2D eigenvalue weighted by atomic mass is 10.0. The zero-order valence-electron chi connectivity index (χ0n) is 23.3. The topological polar surface area (TPSA) is 52.8 Å². The lowest BCUT2D eigenvalue weighted by Gasteiger charge is -2.16. The SMILES string of the molecule is CC.CC.CCc1nc(C(C)C)ccc1-c1nc2ccn(C(CC)CC)c2nc1C.COC. The van der Waals surface area contributed by atoms with Crippen molar-refractivity contribution in [2.45, 2.75) is 100 Å². The molecule has 0 aromatic carbocycles. The molecular formula is C28H48N4O. The maximum Gasteiger partial charge on any atom is 0.159 e. The van der Waals surface area contributed by atoms with E-state index in [1.165, 1.54) is 0 Å². The lowest BCUT2D eigenvalue weighted by Crippen LogP contribution is -2.07. The summed E-state index contributed by atoms with van der Waals surface area (Å²) < 4.78 is 6.53. The number of nitrogens with zero attached hydrogens (tertiary/aromatic N) is 4. The largest absolute Gasteiger partial charge is 0.388 e. The molecule has 0 bridgehead atoms. The number of hydrogen-bond acceptors (Lipinski definition) is 4. The van der Waals surface area contributed by atoms with Gasteiger partial charge in [0, 0.05) is 43.4 Å². The molecule has 3 heterocycles. The van der Waals surface area contributed by atoms with Crippen molar-refractivity contribution in [1.29, 1.82) is 0 Å². The predicted octanol–water partition coefficient (Wildman–Crippen LogP) is 8.16. The summed E-state index contributed by atoms with van der Waals surface area (Å²) >= 11 is 0. The third kappa shape index (κ3) is 7.92. The van der Waals surface area contributed by atoms with Crippen molar-refractivity contribution in [1.82, 2.24) is 19.5 Å². The van der Waals surface area contributed by atoms with Gasteiger partial charge in [-0.25, -0.2) is 9.97 Å². The molecule has 0 aliphatic rings. The molecule has 5 heteroatoms. The quantitative estimate of drug-likeness (QED) is 0.375. The fraction of sp³-hybridized carbons (Fsp3) is 0.607. The molecule has 33 heavy (non-hydrogen) atoms. The smallest absolute Gasteiger partial charge is 0.159 e. The minimum atomic E-state index is 0.429. The van der Waals surface area contributed by atoms with Crippen molar-refractivity contribution in [3.05, 3.63) is 41.5 Å². The van der Waals surface area contributed by atoms with Crippen LogP contribution >= 0.6 is 0 Å². The van der Waals surface area contributed by atoms with Gasteiger partial charge in [0.2, 0.25) is 0 Å². The van der Waals surface area contributed by atoms with Crippen LogP contribution < -0.4 is 0 Å². The first-order valence-electron chi connectivity index (χ1n) is 12.7. The summed E-state index contributed by atoms with van der Waals surface area (Å²) in [5.74, 6) is 0.429. The van der Waals surface area contributed by atoms with Gasteiger partial charge >= 0.3 is 0 Å². The first-order valence-corrected chi connectivity index (χ1v) is 12.7. The predicted molar refractivity (Wildman–Crippen MR) is 144 cm³/mol. The maximum atomic E-state index is 4.98. The number of methoxy groups -OCH3 is 1. The van der Waals surface area contributed by atoms with Gasteiger partial charge in [-0.05, 0) is 50.3 Å². The molecule has 0 N–H and O–H groups in total. The summed E-state index contributed by atoms with van der Waals surface area (Å²) in [6, 6.07) is 6.86. The van der Waals surface area contributed by atoms with Crippen LogP contribution in [0.15, 0.2) is 24.4 Å². The molecule has 0 radical (unpaired) electrons. The van der Waals surface area contributed by atoms with Crippen LogP contribution in [0.4, 0.5) is 0 Å². The van der Waals surface area contributed by atoms with Crippen LogP contribution in [0.25, 0.3) is 22.4 Å². The zero-order chi connectivity index (χ0) is 25.6. The molecule has 0 spiro atoms. The molecule has 0 unspecified atom stereocenters. The Hall–Kier alpha value is -2.27. The van der Waals surface area contributed by atoms with E-state index in [0.29, 0.717) is 12.0 Å². The van der Waals surface area contributed by atoms with Crippen LogP contribution in [0.3, 0.4) is 0 Å². The Morgan fingerprint density at radius 2 is 1.45 bits per heavy atom. The Labute approximate surface area is 203 Å². The van der Waals surface area contributed by atoms with E-state index in [4.69, 9.17) is 15.0 Å². The standard InChI is InChI=1S/C22H30N4.C2H6O.2C2H6/c1-7-16(8-2)26-13-12-20-22(26)23-15(6)21(25-20)17-10-11-19(14(4)5)24-18(17)9-3;1-3-2;2*1-2/h10-14,16H,7-9H2,1-6H3;1-2H3;2*1-2H3. The summed E-state index contributed by atoms with van der Waals surface area (Å²) in [6.07, 6.45) is 5.23. The van der Waals surface area contributed by atoms with E-state index in [2.05, 4.69) is 75.2 Å². The molecule has 0 aliphatic carbocycles. The fourth-order valence-corrected chi connectivity index (χ4v) is 3.60. The number of fused-ring (bicyclic) bond motifs is 1. The molecule has 0 saturated heterocycles. The van der Waals surface area contributed by atoms with Gasteiger partial charge in [-0.15, -0.1) is 0 Å². The van der Waals surface area contributed by atoms with Crippen molar-refractivity contribution in [3.8, 4) is 11.3 Å². The Bertz CT molecular complexity index is 927. The third-order valence-electron chi connectivity index (χ3n) is 5.23. The summed E-state index contributed by atoms with van der Waals surface area (Å²) in [5, 5.41) is 0. The van der Waals surface area contributed by atoms with Gasteiger partial charge in [0.05, 0.1) is 11.4 Å². The summed E-state index contributed by atoms with van der Waals surface area (Å²) in [5.41, 5.74) is 7.23. The summed E-state index contributed by atoms with van der Waals surface area (Å²) in [7, 11) is 3.25. The van der Waals surface area contributed by atoms with Gasteiger partial charge in [-0.3, -0.25) is 4.98 Å². The van der Waals surface area contributed by atoms with Crippen LogP contribution in [-0.4, -0.2) is 33.7 Å². The Morgan fingerprint density at radius 1 is 0.879 bits per heavy atom. The highest BCUT2D eigenvalue weighted by molar-refractivity contribution is 5.77. The van der Waals surface area contributed by atoms with Crippen molar-refractivity contribution in [2.24, 2.45) is 0 Å². The van der Waals surface area contributed by atoms with Crippen molar-refractivity contribution in [2.75, 3.05) is 14.2 Å². The lowest BCUT2D eigenvalue weighted by molar-refractivity contribution is 0.277. The van der Waals surface area contributed by atoms with E-state index in [0.717, 1.165) is 58.8 Å². The zero-order valence-corrected chi connectivity index (χ0v) is 23.3. The minimum Gasteiger partial charge on any atom is -0.388 e. The van der Waals surface area contributed by atoms with Crippen LogP contribution in [0.5, 0.6) is 0 Å². The molecule has 3 rings (SSSR count). The molecule has 0 amide bonds. The second-order valence-corrected chi connectivity index (χ2v) is 7.71. The highest BCUT2D eigenvalue weighted by atomic mass is 16.4. The Morgan fingerprint density at radius 3 is 1.94 bits per heavy atom. The van der Waals surface area contributed by atoms with E-state index < -0.39 is 0 Å². The van der Waals surface area contributed by atoms with Crippen molar-refractivity contribution < 1.29 is 4.74 Å². The van der Waals surface area contributed by atoms with E-state index in [-0.39, 0.29) is 0 Å². The molecule has 0 fully saturated rings. The van der Waals surface area contributed by atoms with E-state index in [9.17, 15) is 0 Å². The van der Waals surface area contributed by atoms with Crippen LogP contribution in [0.2, 0.25) is 0 Å². The van der Waals surface area contributed by atoms with Crippen LogP contribution in [0, 0.1) is 6.92 Å². The van der Waals surface area contributed by atoms with Gasteiger partial charge in [-0.1, -0.05) is 62.3 Å². The molecule has 3 aromatic rings. The average Bonchev–Trinajstić information content (AvgIpc) is 3.24. The maximum absolute atomic E-state index is 4.98. The fourth-order valence-electron chi connectivity index (χ4n) is 3.60. The summed E-state index contributed by atoms with van der Waals surface area (Å²) in [6.45, 7) is 21.0. The minimum absolute atomic E-state index is 0.429. The van der Waals surface area contributed by atoms with E-state index in [1.807, 2.05) is 27.7 Å². The second-order valence-electron chi connectivity index (χ2n) is 7.71. The molecule has 3 aromatic heterocycles. The third-order valence-corrected chi connectivity index (χ3v) is 5.23. The number of hydrogen-bond donors (Lipinski definition) is 0. The van der Waals surface area contributed by atoms with Gasteiger partial charge in [0.15, 0.2) is 5.65 Å². The molecule has 186 valence electrons.